The van der Waals surface area contributed by atoms with Crippen LogP contribution in [0.4, 0.5) is 21.9 Å². The van der Waals surface area contributed by atoms with Gasteiger partial charge in [-0.25, -0.2) is 4.79 Å². The summed E-state index contributed by atoms with van der Waals surface area (Å²) in [6.45, 7) is 0. The van der Waals surface area contributed by atoms with Gasteiger partial charge in [0.25, 0.3) is 5.69 Å². The molecule has 3 amide bonds. The van der Waals surface area contributed by atoms with Crippen LogP contribution in [0.5, 0.6) is 0 Å². The van der Waals surface area contributed by atoms with E-state index in [4.69, 9.17) is 0 Å². The first-order valence-electron chi connectivity index (χ1n) is 7.30. The van der Waals surface area contributed by atoms with Gasteiger partial charge in [0.05, 0.1) is 4.92 Å². The third-order valence-corrected chi connectivity index (χ3v) is 3.17. The Morgan fingerprint density at radius 3 is 2.04 bits per heavy atom. The monoisotopic (exact) mass is 340 g/mol. The molecule has 128 valence electrons. The minimum Gasteiger partial charge on any atom is -0.341 e. The zero-order valence-electron chi connectivity index (χ0n) is 13.4. The molecule has 2 aromatic carbocycles. The van der Waals surface area contributed by atoms with E-state index in [1.807, 2.05) is 0 Å². The highest BCUT2D eigenvalue weighted by molar-refractivity contribution is 6.02. The number of hydrogen-bond acceptors (Lipinski definition) is 4. The van der Waals surface area contributed by atoms with Crippen LogP contribution in [-0.2, 0) is 4.79 Å². The minimum atomic E-state index is -0.483. The Bertz CT molecular complexity index is 798. The highest BCUT2D eigenvalue weighted by Crippen LogP contribution is 2.15. The number of nitro benzene ring substituents is 1. The molecule has 0 fully saturated rings. The summed E-state index contributed by atoms with van der Waals surface area (Å²) in [6, 6.07) is 12.2. The molecular weight excluding hydrogens is 324 g/mol. The van der Waals surface area contributed by atoms with Crippen molar-refractivity contribution < 1.29 is 14.5 Å². The van der Waals surface area contributed by atoms with E-state index in [-0.39, 0.29) is 17.6 Å². The maximum Gasteiger partial charge on any atom is 0.318 e. The molecule has 0 spiro atoms. The summed E-state index contributed by atoms with van der Waals surface area (Å²) >= 11 is 0. The Balaban J connectivity index is 1.93. The number of non-ortho nitro benzene ring substituents is 1. The van der Waals surface area contributed by atoms with Gasteiger partial charge in [0.1, 0.15) is 0 Å². The predicted octanol–water partition coefficient (Wildman–Crippen LogP) is 3.00. The minimum absolute atomic E-state index is 0.00736. The van der Waals surface area contributed by atoms with Gasteiger partial charge in [0.2, 0.25) is 5.91 Å². The van der Waals surface area contributed by atoms with Crippen molar-refractivity contribution in [3.05, 3.63) is 70.3 Å². The Kier molecular flexibility index (Phi) is 5.83. The highest BCUT2D eigenvalue weighted by Gasteiger charge is 2.03. The van der Waals surface area contributed by atoms with Crippen LogP contribution in [0, 0.1) is 10.1 Å². The summed E-state index contributed by atoms with van der Waals surface area (Å²) in [5.41, 5.74) is 1.83. The fraction of sp³-hybridized carbons (Fsp3) is 0.0588. The summed E-state index contributed by atoms with van der Waals surface area (Å²) in [5.74, 6) is -0.342. The maximum atomic E-state index is 11.9. The topological polar surface area (TPSA) is 113 Å². The average Bonchev–Trinajstić information content (AvgIpc) is 2.62. The summed E-state index contributed by atoms with van der Waals surface area (Å²) < 4.78 is 0. The summed E-state index contributed by atoms with van der Waals surface area (Å²) in [7, 11) is 1.52. The SMILES string of the molecule is CNC(=O)Nc1ccc(NC(=O)/C=C/c2ccc([N+](=O)[O-])cc2)cc1. The number of carbonyl (C=O) groups is 2. The van der Waals surface area contributed by atoms with E-state index in [0.717, 1.165) is 0 Å². The Morgan fingerprint density at radius 1 is 0.960 bits per heavy atom. The normalized spacial score (nSPS) is 10.3. The van der Waals surface area contributed by atoms with Gasteiger partial charge in [-0.3, -0.25) is 14.9 Å². The molecule has 2 rings (SSSR count). The molecule has 25 heavy (non-hydrogen) atoms. The second kappa shape index (κ2) is 8.25. The van der Waals surface area contributed by atoms with E-state index in [1.54, 1.807) is 42.5 Å². The fourth-order valence-electron chi connectivity index (χ4n) is 1.89. The number of hydrogen-bond donors (Lipinski definition) is 3. The first-order valence-corrected chi connectivity index (χ1v) is 7.30. The van der Waals surface area contributed by atoms with Gasteiger partial charge in [-0.1, -0.05) is 0 Å². The first-order chi connectivity index (χ1) is 12.0. The van der Waals surface area contributed by atoms with Crippen LogP contribution in [0.25, 0.3) is 6.08 Å². The van der Waals surface area contributed by atoms with E-state index in [1.165, 1.54) is 25.3 Å². The van der Waals surface area contributed by atoms with Crippen molar-refractivity contribution in [1.82, 2.24) is 5.32 Å². The third-order valence-electron chi connectivity index (χ3n) is 3.17. The van der Waals surface area contributed by atoms with E-state index >= 15 is 0 Å². The van der Waals surface area contributed by atoms with Crippen LogP contribution in [0.2, 0.25) is 0 Å². The number of urea groups is 1. The number of nitrogens with zero attached hydrogens (tertiary/aromatic N) is 1. The van der Waals surface area contributed by atoms with Crippen LogP contribution >= 0.6 is 0 Å². The molecule has 0 aliphatic heterocycles. The Labute approximate surface area is 143 Å². The summed E-state index contributed by atoms with van der Waals surface area (Å²) in [6.07, 6.45) is 2.89. The van der Waals surface area contributed by atoms with E-state index < -0.39 is 4.92 Å². The number of anilines is 2. The molecule has 0 aliphatic carbocycles. The fourth-order valence-corrected chi connectivity index (χ4v) is 1.89. The van der Waals surface area contributed by atoms with Crippen molar-refractivity contribution in [3.8, 4) is 0 Å². The number of carbonyl (C=O) groups excluding carboxylic acids is 2. The van der Waals surface area contributed by atoms with E-state index in [9.17, 15) is 19.7 Å². The van der Waals surface area contributed by atoms with Crippen molar-refractivity contribution in [2.75, 3.05) is 17.7 Å². The highest BCUT2D eigenvalue weighted by atomic mass is 16.6. The lowest BCUT2D eigenvalue weighted by molar-refractivity contribution is -0.384. The van der Waals surface area contributed by atoms with Gasteiger partial charge < -0.3 is 16.0 Å². The Hall–Kier alpha value is -3.68. The molecule has 0 aromatic heterocycles. The van der Waals surface area contributed by atoms with Crippen LogP contribution in [0.15, 0.2) is 54.6 Å². The largest absolute Gasteiger partial charge is 0.341 e. The molecule has 3 N–H and O–H groups in total. The molecule has 0 heterocycles. The molecule has 8 nitrogen and oxygen atoms in total. The number of benzene rings is 2. The molecule has 0 saturated carbocycles. The van der Waals surface area contributed by atoms with E-state index in [0.29, 0.717) is 16.9 Å². The standard InChI is InChI=1S/C17H16N4O4/c1-18-17(23)20-14-7-5-13(6-8-14)19-16(22)11-4-12-2-9-15(10-3-12)21(24)25/h2-11H,1H3,(H,19,22)(H2,18,20,23)/b11-4+. The van der Waals surface area contributed by atoms with E-state index in [2.05, 4.69) is 16.0 Å². The van der Waals surface area contributed by atoms with Crippen molar-refractivity contribution in [2.45, 2.75) is 0 Å². The quantitative estimate of drug-likeness (QED) is 0.441. The predicted molar refractivity (Wildman–Crippen MR) is 95.3 cm³/mol. The van der Waals surface area contributed by atoms with Gasteiger partial charge >= 0.3 is 6.03 Å². The van der Waals surface area contributed by atoms with Gasteiger partial charge in [0.15, 0.2) is 0 Å². The molecule has 0 unspecified atom stereocenters. The molecule has 0 radical (unpaired) electrons. The van der Waals surface area contributed by atoms with Crippen LogP contribution in [0.1, 0.15) is 5.56 Å². The first kappa shape index (κ1) is 17.7. The lowest BCUT2D eigenvalue weighted by atomic mass is 10.2. The Morgan fingerprint density at radius 2 is 1.52 bits per heavy atom. The number of amides is 3. The molecule has 0 saturated heterocycles. The zero-order chi connectivity index (χ0) is 18.2. The average molecular weight is 340 g/mol. The number of nitrogens with one attached hydrogen (secondary N) is 3. The molecule has 0 atom stereocenters. The van der Waals surface area contributed by atoms with Gasteiger partial charge in [0, 0.05) is 36.6 Å². The number of rotatable bonds is 5. The van der Waals surface area contributed by atoms with Gasteiger partial charge in [-0.2, -0.15) is 0 Å². The van der Waals surface area contributed by atoms with Gasteiger partial charge in [-0.15, -0.1) is 0 Å². The lowest BCUT2D eigenvalue weighted by Gasteiger charge is -2.06. The van der Waals surface area contributed by atoms with Crippen LogP contribution in [-0.4, -0.2) is 23.9 Å². The van der Waals surface area contributed by atoms with Crippen molar-refractivity contribution in [1.29, 1.82) is 0 Å². The molecule has 8 heteroatoms. The third kappa shape index (κ3) is 5.47. The van der Waals surface area contributed by atoms with Crippen molar-refractivity contribution in [2.24, 2.45) is 0 Å². The summed E-state index contributed by atoms with van der Waals surface area (Å²) in [4.78, 5) is 33.2. The second-order valence-electron chi connectivity index (χ2n) is 4.95. The lowest BCUT2D eigenvalue weighted by Crippen LogP contribution is -2.24. The zero-order valence-corrected chi connectivity index (χ0v) is 13.4. The smallest absolute Gasteiger partial charge is 0.318 e. The van der Waals surface area contributed by atoms with Gasteiger partial charge in [-0.05, 0) is 48.0 Å². The molecule has 2 aromatic rings. The van der Waals surface area contributed by atoms with Crippen LogP contribution in [0.3, 0.4) is 0 Å². The number of nitro groups is 1. The van der Waals surface area contributed by atoms with Crippen molar-refractivity contribution in [3.63, 3.8) is 0 Å². The molecule has 0 bridgehead atoms. The van der Waals surface area contributed by atoms with Crippen molar-refractivity contribution >= 4 is 35.1 Å². The second-order valence-corrected chi connectivity index (χ2v) is 4.95. The maximum absolute atomic E-state index is 11.9. The molecule has 0 aliphatic rings. The molecular formula is C17H16N4O4. The van der Waals surface area contributed by atoms with Crippen LogP contribution < -0.4 is 16.0 Å². The summed E-state index contributed by atoms with van der Waals surface area (Å²) in [5, 5.41) is 18.3.